The first kappa shape index (κ1) is 18.0. The number of hydrogen-bond donors (Lipinski definition) is 0. The Labute approximate surface area is 135 Å². The van der Waals surface area contributed by atoms with Gasteiger partial charge in [-0.3, -0.25) is 4.79 Å². The molecule has 78 valence electrons. The quantitative estimate of drug-likeness (QED) is 0.421. The van der Waals surface area contributed by atoms with Gasteiger partial charge in [0.2, 0.25) is 0 Å². The fraction of sp³-hybridized carbons (Fsp3) is 0.889. The normalized spacial score (nSPS) is 26.1. The fourth-order valence-electron chi connectivity index (χ4n) is 1.45. The van der Waals surface area contributed by atoms with Gasteiger partial charge in [-0.15, -0.1) is 0 Å². The number of carbonyl (C=O) groups is 1. The Morgan fingerprint density at radius 3 is 2.29 bits per heavy atom. The van der Waals surface area contributed by atoms with Crippen molar-refractivity contribution in [2.75, 3.05) is 13.7 Å². The van der Waals surface area contributed by atoms with Gasteiger partial charge >= 0.3 is 51.4 Å². The molecule has 2 unspecified atom stereocenters. The summed E-state index contributed by atoms with van der Waals surface area (Å²) in [5.41, 5.74) is 0. The third-order valence-corrected chi connectivity index (χ3v) is 2.43. The predicted molar refractivity (Wildman–Crippen MR) is 55.3 cm³/mol. The van der Waals surface area contributed by atoms with Gasteiger partial charge in [-0.2, -0.15) is 0 Å². The molecule has 14 heavy (non-hydrogen) atoms. The standard InChI is InChI=1S/C7H12NO2S.C2H6.K/c1-5(9)7-6(10-2)3-4-8(7)11;1-2;/h6-7H,3-4H2,1-2H3;1-2H3;/q-1;;+1. The molecule has 0 aromatic heterocycles. The van der Waals surface area contributed by atoms with Crippen LogP contribution in [0.15, 0.2) is 0 Å². The molecular weight excluding hydrogens is 225 g/mol. The minimum Gasteiger partial charge on any atom is -0.701 e. The molecule has 1 rings (SSSR count). The molecule has 1 fully saturated rings. The van der Waals surface area contributed by atoms with Crippen molar-refractivity contribution in [2.24, 2.45) is 0 Å². The average Bonchev–Trinajstić information content (AvgIpc) is 2.50. The van der Waals surface area contributed by atoms with E-state index in [0.29, 0.717) is 0 Å². The number of hydrogen-bond acceptors (Lipinski definition) is 4. The largest absolute Gasteiger partial charge is 1.00 e. The summed E-state index contributed by atoms with van der Waals surface area (Å²) in [4.78, 5) is 11.0. The van der Waals surface area contributed by atoms with Crippen LogP contribution in [0.5, 0.6) is 0 Å². The third-order valence-electron chi connectivity index (χ3n) is 2.02. The van der Waals surface area contributed by atoms with Gasteiger partial charge in [-0.1, -0.05) is 13.8 Å². The van der Waals surface area contributed by atoms with Gasteiger partial charge in [0.15, 0.2) is 0 Å². The average molecular weight is 243 g/mol. The number of methoxy groups -OCH3 is 1. The van der Waals surface area contributed by atoms with E-state index in [0.717, 1.165) is 13.0 Å². The van der Waals surface area contributed by atoms with Crippen LogP contribution >= 0.6 is 0 Å². The Balaban J connectivity index is 0. The molecule has 0 radical (unpaired) electrons. The number of Topliss-reactive ketones (excluding diaryl/α,β-unsaturated/α-hetero) is 1. The predicted octanol–water partition coefficient (Wildman–Crippen LogP) is -1.84. The van der Waals surface area contributed by atoms with Crippen LogP contribution in [-0.4, -0.2) is 35.9 Å². The molecule has 1 heterocycles. The maximum absolute atomic E-state index is 11.0. The van der Waals surface area contributed by atoms with Crippen LogP contribution in [0.3, 0.4) is 0 Å². The molecule has 0 aromatic rings. The van der Waals surface area contributed by atoms with E-state index in [1.165, 1.54) is 0 Å². The van der Waals surface area contributed by atoms with Crippen molar-refractivity contribution < 1.29 is 60.9 Å². The van der Waals surface area contributed by atoms with Crippen molar-refractivity contribution in [3.05, 3.63) is 0 Å². The summed E-state index contributed by atoms with van der Waals surface area (Å²) in [6, 6.07) is -0.199. The van der Waals surface area contributed by atoms with Crippen LogP contribution < -0.4 is 51.4 Å². The number of carbonyl (C=O) groups excluding carboxylic acids is 1. The van der Waals surface area contributed by atoms with Gasteiger partial charge in [0.05, 0.1) is 12.1 Å². The number of ketones is 1. The summed E-state index contributed by atoms with van der Waals surface area (Å²) >= 11 is 4.98. The molecule has 0 aromatic carbocycles. The van der Waals surface area contributed by atoms with Gasteiger partial charge < -0.3 is 21.9 Å². The van der Waals surface area contributed by atoms with Gasteiger partial charge in [0.1, 0.15) is 5.78 Å². The monoisotopic (exact) mass is 243 g/mol. The van der Waals surface area contributed by atoms with Crippen LogP contribution in [0.1, 0.15) is 27.2 Å². The molecule has 5 heteroatoms. The van der Waals surface area contributed by atoms with Crippen molar-refractivity contribution in [2.45, 2.75) is 39.3 Å². The molecule has 0 bridgehead atoms. The Morgan fingerprint density at radius 2 is 2.00 bits per heavy atom. The summed E-state index contributed by atoms with van der Waals surface area (Å²) in [7, 11) is 1.62. The van der Waals surface area contributed by atoms with Crippen molar-refractivity contribution >= 4 is 18.6 Å². The summed E-state index contributed by atoms with van der Waals surface area (Å²) in [6.07, 6.45) is 0.870. The summed E-state index contributed by atoms with van der Waals surface area (Å²) in [5, 5.41) is 0. The van der Waals surface area contributed by atoms with E-state index in [4.69, 9.17) is 17.6 Å². The number of nitrogens with zero attached hydrogens (tertiary/aromatic N) is 1. The number of ether oxygens (including phenoxy) is 1. The maximum Gasteiger partial charge on any atom is 1.00 e. The summed E-state index contributed by atoms with van der Waals surface area (Å²) < 4.78 is 6.76. The summed E-state index contributed by atoms with van der Waals surface area (Å²) in [5.74, 6) is 0.101. The van der Waals surface area contributed by atoms with Gasteiger partial charge in [-0.05, 0) is 19.9 Å². The minimum absolute atomic E-state index is 0. The van der Waals surface area contributed by atoms with Crippen molar-refractivity contribution in [1.82, 2.24) is 4.31 Å². The first-order chi connectivity index (χ1) is 6.16. The molecule has 0 N–H and O–H groups in total. The first-order valence-corrected chi connectivity index (χ1v) is 5.00. The molecule has 0 aliphatic carbocycles. The maximum atomic E-state index is 11.0. The fourth-order valence-corrected chi connectivity index (χ4v) is 1.84. The van der Waals surface area contributed by atoms with Crippen molar-refractivity contribution in [3.63, 3.8) is 0 Å². The van der Waals surface area contributed by atoms with Crippen LogP contribution in [-0.2, 0) is 22.3 Å². The zero-order valence-corrected chi connectivity index (χ0v) is 13.7. The number of rotatable bonds is 2. The van der Waals surface area contributed by atoms with Crippen molar-refractivity contribution in [3.8, 4) is 0 Å². The Kier molecular flexibility index (Phi) is 12.5. The Hall–Kier alpha value is 1.58. The molecule has 3 nitrogen and oxygen atoms in total. The second-order valence-corrected chi connectivity index (χ2v) is 3.23. The SMILES string of the molecule is CC.COC1CCN([S-])C1C(C)=O.[K+]. The molecule has 0 amide bonds. The first-order valence-electron chi connectivity index (χ1n) is 4.64. The van der Waals surface area contributed by atoms with E-state index in [1.54, 1.807) is 18.3 Å². The molecule has 1 saturated heterocycles. The molecule has 0 spiro atoms. The van der Waals surface area contributed by atoms with Crippen LogP contribution in [0.4, 0.5) is 0 Å². The van der Waals surface area contributed by atoms with E-state index in [2.05, 4.69) is 0 Å². The van der Waals surface area contributed by atoms with Gasteiger partial charge in [0.25, 0.3) is 0 Å². The molecule has 1 aliphatic rings. The Bertz CT molecular complexity index is 169. The minimum atomic E-state index is -0.199. The van der Waals surface area contributed by atoms with Crippen LogP contribution in [0.2, 0.25) is 0 Å². The van der Waals surface area contributed by atoms with E-state index in [-0.39, 0.29) is 69.3 Å². The van der Waals surface area contributed by atoms with E-state index >= 15 is 0 Å². The molecule has 1 aliphatic heterocycles. The van der Waals surface area contributed by atoms with E-state index in [1.807, 2.05) is 13.8 Å². The second kappa shape index (κ2) is 9.78. The topological polar surface area (TPSA) is 29.5 Å². The van der Waals surface area contributed by atoms with Crippen LogP contribution in [0, 0.1) is 0 Å². The van der Waals surface area contributed by atoms with E-state index < -0.39 is 0 Å². The molecule has 2 atom stereocenters. The smallest absolute Gasteiger partial charge is 0.701 e. The molecule has 0 saturated carbocycles. The van der Waals surface area contributed by atoms with Gasteiger partial charge in [0, 0.05) is 7.11 Å². The zero-order valence-electron chi connectivity index (χ0n) is 9.74. The molecular formula is C9H18KNO2S. The van der Waals surface area contributed by atoms with Gasteiger partial charge in [-0.25, -0.2) is 0 Å². The van der Waals surface area contributed by atoms with E-state index in [9.17, 15) is 4.79 Å². The third kappa shape index (κ3) is 5.07. The second-order valence-electron chi connectivity index (χ2n) is 2.76. The van der Waals surface area contributed by atoms with Crippen LogP contribution in [0.25, 0.3) is 0 Å². The van der Waals surface area contributed by atoms with Crippen molar-refractivity contribution in [1.29, 1.82) is 0 Å². The zero-order chi connectivity index (χ0) is 10.4. The Morgan fingerprint density at radius 1 is 1.50 bits per heavy atom. The summed E-state index contributed by atoms with van der Waals surface area (Å²) in [6.45, 7) is 6.33.